The van der Waals surface area contributed by atoms with Crippen LogP contribution >= 0.6 is 0 Å². The quantitative estimate of drug-likeness (QED) is 0.276. The van der Waals surface area contributed by atoms with E-state index in [-0.39, 0.29) is 6.42 Å². The van der Waals surface area contributed by atoms with Gasteiger partial charge in [-0.15, -0.1) is 0 Å². The van der Waals surface area contributed by atoms with Crippen molar-refractivity contribution in [2.24, 2.45) is 0 Å². The molecule has 0 radical (unpaired) electrons. The summed E-state index contributed by atoms with van der Waals surface area (Å²) >= 11 is 0. The van der Waals surface area contributed by atoms with Crippen LogP contribution in [0.5, 0.6) is 0 Å². The monoisotopic (exact) mass is 148 g/mol. The number of carbonyl (C=O) groups excluding carboxylic acids is 1. The highest BCUT2D eigenvalue weighted by atomic mass is 16.7. The lowest BCUT2D eigenvalue weighted by atomic mass is 10.2. The van der Waals surface area contributed by atoms with E-state index < -0.39 is 5.97 Å². The van der Waals surface area contributed by atoms with Crippen molar-refractivity contribution in [2.45, 2.75) is 31.7 Å². The Bertz CT molecular complexity index is 94.4. The molecule has 0 saturated carbocycles. The molecule has 0 aliphatic heterocycles. The molecule has 10 heavy (non-hydrogen) atoms. The molecular weight excluding hydrogens is 136 g/mol. The van der Waals surface area contributed by atoms with Crippen molar-refractivity contribution in [3.05, 3.63) is 0 Å². The van der Waals surface area contributed by atoms with E-state index in [2.05, 4.69) is 0 Å². The first-order chi connectivity index (χ1) is 4.56. The van der Waals surface area contributed by atoms with Crippen LogP contribution in [0.2, 0.25) is 0 Å². The van der Waals surface area contributed by atoms with Gasteiger partial charge in [-0.25, -0.2) is 0 Å². The number of hydrogen-bond donors (Lipinski definition) is 3. The van der Waals surface area contributed by atoms with Gasteiger partial charge in [0.1, 0.15) is 6.29 Å². The largest absolute Gasteiger partial charge is 0.344 e. The second kappa shape index (κ2) is 4.38. The average molecular weight is 148 g/mol. The van der Waals surface area contributed by atoms with Crippen LogP contribution in [0, 0.1) is 0 Å². The highest BCUT2D eigenvalue weighted by Gasteiger charge is 2.16. The number of carbonyl (C=O) groups is 1. The smallest absolute Gasteiger partial charge is 0.275 e. The molecule has 4 nitrogen and oxygen atoms in total. The second-order valence-corrected chi connectivity index (χ2v) is 2.19. The highest BCUT2D eigenvalue weighted by molar-refractivity contribution is 5.48. The van der Waals surface area contributed by atoms with E-state index in [9.17, 15) is 4.79 Å². The van der Waals surface area contributed by atoms with Gasteiger partial charge in [-0.3, -0.25) is 0 Å². The van der Waals surface area contributed by atoms with Crippen molar-refractivity contribution >= 4 is 6.29 Å². The molecule has 0 fully saturated rings. The molecule has 0 amide bonds. The number of rotatable bonds is 5. The Morgan fingerprint density at radius 1 is 1.20 bits per heavy atom. The molecule has 3 N–H and O–H groups in total. The van der Waals surface area contributed by atoms with Crippen molar-refractivity contribution in [1.29, 1.82) is 0 Å². The molecule has 0 aromatic heterocycles. The van der Waals surface area contributed by atoms with Crippen LogP contribution in [0.25, 0.3) is 0 Å². The fourth-order valence-electron chi connectivity index (χ4n) is 0.590. The number of aldehydes is 1. The van der Waals surface area contributed by atoms with Gasteiger partial charge in [0.15, 0.2) is 0 Å². The van der Waals surface area contributed by atoms with Gasteiger partial charge in [0, 0.05) is 12.8 Å². The van der Waals surface area contributed by atoms with Crippen molar-refractivity contribution in [2.75, 3.05) is 0 Å². The Hall–Kier alpha value is -0.450. The number of aliphatic hydroxyl groups is 3. The molecule has 0 spiro atoms. The maximum absolute atomic E-state index is 9.74. The van der Waals surface area contributed by atoms with Crippen molar-refractivity contribution < 1.29 is 20.1 Å². The zero-order valence-corrected chi connectivity index (χ0v) is 5.66. The van der Waals surface area contributed by atoms with Crippen LogP contribution < -0.4 is 0 Å². The predicted octanol–water partition coefficient (Wildman–Crippen LogP) is -0.624. The third kappa shape index (κ3) is 7.55. The van der Waals surface area contributed by atoms with Crippen LogP contribution in [0.15, 0.2) is 0 Å². The summed E-state index contributed by atoms with van der Waals surface area (Å²) in [7, 11) is 0. The predicted molar refractivity (Wildman–Crippen MR) is 33.9 cm³/mol. The average Bonchev–Trinajstić information content (AvgIpc) is 1.78. The zero-order chi connectivity index (χ0) is 8.04. The van der Waals surface area contributed by atoms with Gasteiger partial charge in [0.25, 0.3) is 5.97 Å². The molecule has 60 valence electrons. The SMILES string of the molecule is O=CCCCCC(O)(O)O. The fourth-order valence-corrected chi connectivity index (χ4v) is 0.590. The molecule has 0 saturated heterocycles. The van der Waals surface area contributed by atoms with Crippen LogP contribution in [0.3, 0.4) is 0 Å². The van der Waals surface area contributed by atoms with E-state index in [1.807, 2.05) is 0 Å². The van der Waals surface area contributed by atoms with E-state index in [1.54, 1.807) is 0 Å². The van der Waals surface area contributed by atoms with Gasteiger partial charge < -0.3 is 20.1 Å². The summed E-state index contributed by atoms with van der Waals surface area (Å²) < 4.78 is 0. The summed E-state index contributed by atoms with van der Waals surface area (Å²) in [6.45, 7) is 0. The third-order valence-corrected chi connectivity index (χ3v) is 1.08. The summed E-state index contributed by atoms with van der Waals surface area (Å²) in [5, 5.41) is 25.0. The first-order valence-electron chi connectivity index (χ1n) is 3.17. The van der Waals surface area contributed by atoms with Crippen LogP contribution in [0.4, 0.5) is 0 Å². The van der Waals surface area contributed by atoms with E-state index in [4.69, 9.17) is 15.3 Å². The molecular formula is C6H12O4. The minimum atomic E-state index is -2.57. The maximum atomic E-state index is 9.74. The summed E-state index contributed by atoms with van der Waals surface area (Å²) in [5.41, 5.74) is 0. The first kappa shape index (κ1) is 9.55. The third-order valence-electron chi connectivity index (χ3n) is 1.08. The number of hydrogen-bond acceptors (Lipinski definition) is 4. The minimum absolute atomic E-state index is 0.110. The molecule has 0 aliphatic carbocycles. The molecule has 4 heteroatoms. The lowest BCUT2D eigenvalue weighted by molar-refractivity contribution is -0.314. The van der Waals surface area contributed by atoms with Crippen LogP contribution in [0.1, 0.15) is 25.7 Å². The molecule has 0 unspecified atom stereocenters. The molecule has 0 bridgehead atoms. The summed E-state index contributed by atoms with van der Waals surface area (Å²) in [6.07, 6.45) is 2.06. The van der Waals surface area contributed by atoms with E-state index in [1.165, 1.54) is 0 Å². The molecule has 0 heterocycles. The Morgan fingerprint density at radius 2 is 1.80 bits per heavy atom. The van der Waals surface area contributed by atoms with E-state index in [0.29, 0.717) is 19.3 Å². The van der Waals surface area contributed by atoms with Gasteiger partial charge in [0.2, 0.25) is 0 Å². The van der Waals surface area contributed by atoms with Crippen molar-refractivity contribution in [3.8, 4) is 0 Å². The van der Waals surface area contributed by atoms with Gasteiger partial charge in [-0.05, 0) is 12.8 Å². The first-order valence-corrected chi connectivity index (χ1v) is 3.17. The Labute approximate surface area is 59.1 Å². The zero-order valence-electron chi connectivity index (χ0n) is 5.66. The minimum Gasteiger partial charge on any atom is -0.344 e. The molecule has 0 aliphatic rings. The van der Waals surface area contributed by atoms with Gasteiger partial charge in [0.05, 0.1) is 0 Å². The summed E-state index contributed by atoms with van der Waals surface area (Å²) in [4.78, 5) is 9.74. The van der Waals surface area contributed by atoms with Crippen molar-refractivity contribution in [3.63, 3.8) is 0 Å². The van der Waals surface area contributed by atoms with Crippen LogP contribution in [-0.2, 0) is 4.79 Å². The van der Waals surface area contributed by atoms with Gasteiger partial charge >= 0.3 is 0 Å². The summed E-state index contributed by atoms with van der Waals surface area (Å²) in [6, 6.07) is 0. The van der Waals surface area contributed by atoms with Crippen LogP contribution in [-0.4, -0.2) is 27.6 Å². The summed E-state index contributed by atoms with van der Waals surface area (Å²) in [5.74, 6) is -2.57. The lowest BCUT2D eigenvalue weighted by Crippen LogP contribution is -2.26. The Kier molecular flexibility index (Phi) is 4.18. The molecule has 0 rings (SSSR count). The van der Waals surface area contributed by atoms with Gasteiger partial charge in [-0.1, -0.05) is 0 Å². The fraction of sp³-hybridized carbons (Fsp3) is 0.833. The Balaban J connectivity index is 3.12. The number of unbranched alkanes of at least 4 members (excludes halogenated alkanes) is 2. The Morgan fingerprint density at radius 3 is 2.20 bits per heavy atom. The van der Waals surface area contributed by atoms with Gasteiger partial charge in [-0.2, -0.15) is 0 Å². The normalized spacial score (nSPS) is 11.5. The highest BCUT2D eigenvalue weighted by Crippen LogP contribution is 2.07. The second-order valence-electron chi connectivity index (χ2n) is 2.19. The topological polar surface area (TPSA) is 77.8 Å². The van der Waals surface area contributed by atoms with Crippen molar-refractivity contribution in [1.82, 2.24) is 0 Å². The standard InChI is InChI=1S/C6H12O4/c7-5-3-1-2-4-6(8,9)10/h5,8-10H,1-4H2. The molecule has 0 atom stereocenters. The maximum Gasteiger partial charge on any atom is 0.275 e. The molecule has 0 aromatic rings. The van der Waals surface area contributed by atoms with E-state index in [0.717, 1.165) is 6.29 Å². The van der Waals surface area contributed by atoms with E-state index >= 15 is 0 Å². The molecule has 0 aromatic carbocycles. The lowest BCUT2D eigenvalue weighted by Gasteiger charge is -2.12.